The molecule has 0 fully saturated rings. The second-order valence-corrected chi connectivity index (χ2v) is 4.64. The van der Waals surface area contributed by atoms with Crippen LogP contribution in [0.1, 0.15) is 17.2 Å². The molecule has 0 aliphatic carbocycles. The molecule has 1 heterocycles. The van der Waals surface area contributed by atoms with Gasteiger partial charge in [0.25, 0.3) is 0 Å². The molecule has 0 amide bonds. The van der Waals surface area contributed by atoms with E-state index in [1.54, 1.807) is 24.3 Å². The molecule has 1 atom stereocenters. The van der Waals surface area contributed by atoms with Crippen LogP contribution in [-0.4, -0.2) is 12.1 Å². The Morgan fingerprint density at radius 1 is 1.24 bits per heavy atom. The lowest BCUT2D eigenvalue weighted by Gasteiger charge is -2.13. The van der Waals surface area contributed by atoms with Crippen LogP contribution in [0.3, 0.4) is 0 Å². The second-order valence-electron chi connectivity index (χ2n) is 4.64. The first-order valence-electron chi connectivity index (χ1n) is 6.30. The summed E-state index contributed by atoms with van der Waals surface area (Å²) in [6.07, 6.45) is 0. The maximum absolute atomic E-state index is 13.7. The van der Waals surface area contributed by atoms with Gasteiger partial charge in [0, 0.05) is 0 Å². The first-order chi connectivity index (χ1) is 10.1. The summed E-state index contributed by atoms with van der Waals surface area (Å²) in [5.41, 5.74) is 8.47. The molecular weight excluding hydrogens is 275 g/mol. The molecule has 0 aliphatic rings. The van der Waals surface area contributed by atoms with Crippen molar-refractivity contribution in [1.82, 2.24) is 4.98 Å². The fourth-order valence-electron chi connectivity index (χ4n) is 2.22. The number of aromatic nitrogens is 1. The van der Waals surface area contributed by atoms with Crippen molar-refractivity contribution in [3.63, 3.8) is 0 Å². The SMILES string of the molecule is COc1ccc(C(N)c2ccc3[nH]c(=O)oc3c2)cc1F. The number of hydrogen-bond acceptors (Lipinski definition) is 4. The maximum atomic E-state index is 13.7. The smallest absolute Gasteiger partial charge is 0.417 e. The van der Waals surface area contributed by atoms with Crippen LogP contribution < -0.4 is 16.2 Å². The van der Waals surface area contributed by atoms with Crippen LogP contribution in [0, 0.1) is 5.82 Å². The zero-order chi connectivity index (χ0) is 15.0. The van der Waals surface area contributed by atoms with E-state index in [4.69, 9.17) is 14.9 Å². The number of halogens is 1. The van der Waals surface area contributed by atoms with E-state index in [0.29, 0.717) is 16.7 Å². The van der Waals surface area contributed by atoms with E-state index in [1.807, 2.05) is 0 Å². The standard InChI is InChI=1S/C15H13FN2O3/c1-20-12-5-3-8(6-10(12)16)14(17)9-2-4-11-13(7-9)21-15(19)18-11/h2-7,14H,17H2,1H3,(H,18,19). The summed E-state index contributed by atoms with van der Waals surface area (Å²) in [7, 11) is 1.40. The third-order valence-electron chi connectivity index (χ3n) is 3.34. The summed E-state index contributed by atoms with van der Waals surface area (Å²) in [6, 6.07) is 9.16. The number of methoxy groups -OCH3 is 1. The van der Waals surface area contributed by atoms with Crippen LogP contribution in [-0.2, 0) is 0 Å². The number of oxazole rings is 1. The van der Waals surface area contributed by atoms with E-state index in [-0.39, 0.29) is 5.75 Å². The Morgan fingerprint density at radius 2 is 1.95 bits per heavy atom. The second kappa shape index (κ2) is 5.06. The largest absolute Gasteiger partial charge is 0.494 e. The summed E-state index contributed by atoms with van der Waals surface area (Å²) < 4.78 is 23.6. The van der Waals surface area contributed by atoms with Gasteiger partial charge in [-0.05, 0) is 35.4 Å². The Bertz CT molecular complexity index is 853. The van der Waals surface area contributed by atoms with E-state index in [2.05, 4.69) is 4.98 Å². The number of H-pyrrole nitrogens is 1. The Hall–Kier alpha value is -2.60. The molecule has 21 heavy (non-hydrogen) atoms. The van der Waals surface area contributed by atoms with Crippen molar-refractivity contribution in [3.8, 4) is 5.75 Å². The van der Waals surface area contributed by atoms with Crippen molar-refractivity contribution in [1.29, 1.82) is 0 Å². The van der Waals surface area contributed by atoms with Crippen molar-refractivity contribution in [2.75, 3.05) is 7.11 Å². The zero-order valence-corrected chi connectivity index (χ0v) is 11.2. The monoisotopic (exact) mass is 288 g/mol. The van der Waals surface area contributed by atoms with Crippen LogP contribution >= 0.6 is 0 Å². The quantitative estimate of drug-likeness (QED) is 0.775. The van der Waals surface area contributed by atoms with Gasteiger partial charge in [0.05, 0.1) is 18.7 Å². The summed E-state index contributed by atoms with van der Waals surface area (Å²) in [5, 5.41) is 0. The molecule has 1 aromatic heterocycles. The third-order valence-corrected chi connectivity index (χ3v) is 3.34. The minimum atomic E-state index is -0.532. The molecule has 5 nitrogen and oxygen atoms in total. The Morgan fingerprint density at radius 3 is 2.67 bits per heavy atom. The van der Waals surface area contributed by atoms with Crippen molar-refractivity contribution in [2.24, 2.45) is 5.73 Å². The van der Waals surface area contributed by atoms with E-state index < -0.39 is 17.6 Å². The lowest BCUT2D eigenvalue weighted by molar-refractivity contribution is 0.386. The fraction of sp³-hybridized carbons (Fsp3) is 0.133. The molecular formula is C15H13FN2O3. The molecule has 1 unspecified atom stereocenters. The predicted octanol–water partition coefficient (Wildman–Crippen LogP) is 2.32. The van der Waals surface area contributed by atoms with E-state index >= 15 is 0 Å². The highest BCUT2D eigenvalue weighted by atomic mass is 19.1. The number of aromatic amines is 1. The highest BCUT2D eigenvalue weighted by Gasteiger charge is 2.13. The molecule has 3 aromatic rings. The van der Waals surface area contributed by atoms with Gasteiger partial charge in [0.15, 0.2) is 17.1 Å². The summed E-state index contributed by atoms with van der Waals surface area (Å²) in [5.74, 6) is -0.830. The van der Waals surface area contributed by atoms with Crippen LogP contribution in [0.4, 0.5) is 4.39 Å². The van der Waals surface area contributed by atoms with Crippen molar-refractivity contribution >= 4 is 11.1 Å². The van der Waals surface area contributed by atoms with Gasteiger partial charge in [-0.15, -0.1) is 0 Å². The van der Waals surface area contributed by atoms with E-state index in [0.717, 1.165) is 5.56 Å². The van der Waals surface area contributed by atoms with Gasteiger partial charge < -0.3 is 14.9 Å². The lowest BCUT2D eigenvalue weighted by Crippen LogP contribution is -2.12. The molecule has 0 saturated heterocycles. The Balaban J connectivity index is 2.00. The number of benzene rings is 2. The number of nitrogens with one attached hydrogen (secondary N) is 1. The molecule has 0 saturated carbocycles. The normalized spacial score (nSPS) is 12.5. The van der Waals surface area contributed by atoms with Crippen molar-refractivity contribution in [3.05, 3.63) is 63.9 Å². The summed E-state index contributed by atoms with van der Waals surface area (Å²) in [6.45, 7) is 0. The molecule has 0 spiro atoms. The molecule has 0 aliphatic heterocycles. The first-order valence-corrected chi connectivity index (χ1v) is 6.30. The van der Waals surface area contributed by atoms with Gasteiger partial charge in [0.1, 0.15) is 0 Å². The number of fused-ring (bicyclic) bond motifs is 1. The van der Waals surface area contributed by atoms with Gasteiger partial charge in [-0.25, -0.2) is 9.18 Å². The number of rotatable bonds is 3. The minimum absolute atomic E-state index is 0.165. The van der Waals surface area contributed by atoms with Crippen molar-refractivity contribution in [2.45, 2.75) is 6.04 Å². The topological polar surface area (TPSA) is 81.2 Å². The molecule has 6 heteroatoms. The van der Waals surface area contributed by atoms with Crippen molar-refractivity contribution < 1.29 is 13.5 Å². The lowest BCUT2D eigenvalue weighted by atomic mass is 9.99. The Labute approximate surface area is 119 Å². The maximum Gasteiger partial charge on any atom is 0.417 e. The average molecular weight is 288 g/mol. The third kappa shape index (κ3) is 2.41. The van der Waals surface area contributed by atoms with Gasteiger partial charge in [0.2, 0.25) is 0 Å². The predicted molar refractivity (Wildman–Crippen MR) is 75.8 cm³/mol. The molecule has 3 rings (SSSR count). The molecule has 0 radical (unpaired) electrons. The van der Waals surface area contributed by atoms with Gasteiger partial charge in [-0.2, -0.15) is 0 Å². The minimum Gasteiger partial charge on any atom is -0.494 e. The van der Waals surface area contributed by atoms with E-state index in [1.165, 1.54) is 19.2 Å². The summed E-state index contributed by atoms with van der Waals surface area (Å²) in [4.78, 5) is 13.7. The number of ether oxygens (including phenoxy) is 1. The molecule has 3 N–H and O–H groups in total. The number of hydrogen-bond donors (Lipinski definition) is 2. The number of nitrogens with two attached hydrogens (primary N) is 1. The van der Waals surface area contributed by atoms with E-state index in [9.17, 15) is 9.18 Å². The molecule has 0 bridgehead atoms. The van der Waals surface area contributed by atoms with Crippen LogP contribution in [0.15, 0.2) is 45.6 Å². The van der Waals surface area contributed by atoms with Crippen LogP contribution in [0.25, 0.3) is 11.1 Å². The van der Waals surface area contributed by atoms with Gasteiger partial charge in [-0.1, -0.05) is 12.1 Å². The molecule has 2 aromatic carbocycles. The Kier molecular flexibility index (Phi) is 3.23. The summed E-state index contributed by atoms with van der Waals surface area (Å²) >= 11 is 0. The van der Waals surface area contributed by atoms with Crippen LogP contribution in [0.2, 0.25) is 0 Å². The van der Waals surface area contributed by atoms with Crippen LogP contribution in [0.5, 0.6) is 5.75 Å². The fourth-order valence-corrected chi connectivity index (χ4v) is 2.22. The average Bonchev–Trinajstić information content (AvgIpc) is 2.85. The molecule has 108 valence electrons. The highest BCUT2D eigenvalue weighted by molar-refractivity contribution is 5.73. The highest BCUT2D eigenvalue weighted by Crippen LogP contribution is 2.26. The van der Waals surface area contributed by atoms with Gasteiger partial charge >= 0.3 is 5.76 Å². The van der Waals surface area contributed by atoms with Gasteiger partial charge in [-0.3, -0.25) is 4.98 Å². The first kappa shape index (κ1) is 13.4. The zero-order valence-electron chi connectivity index (χ0n) is 11.2.